The summed E-state index contributed by atoms with van der Waals surface area (Å²) in [5.74, 6) is 1.63. The highest BCUT2D eigenvalue weighted by Crippen LogP contribution is 2.42. The molecule has 0 fully saturated rings. The van der Waals surface area contributed by atoms with Crippen molar-refractivity contribution in [2.45, 2.75) is 0 Å². The number of hydrogen-bond donors (Lipinski definition) is 0. The van der Waals surface area contributed by atoms with Gasteiger partial charge in [0.25, 0.3) is 0 Å². The minimum atomic E-state index is -3.93. The van der Waals surface area contributed by atoms with Crippen LogP contribution in [0.2, 0.25) is 0 Å². The molecule has 9 rings (SSSR count). The molecule has 59 heavy (non-hydrogen) atoms. The predicted molar refractivity (Wildman–Crippen MR) is 237 cm³/mol. The molecular weight excluding hydrogens is 750 g/mol. The molecule has 0 spiro atoms. The lowest BCUT2D eigenvalue weighted by atomic mass is 10.2. The zero-order chi connectivity index (χ0) is 39.9. The molecule has 6 aromatic carbocycles. The summed E-state index contributed by atoms with van der Waals surface area (Å²) in [5.41, 5.74) is 5.96. The molecule has 284 valence electrons. The highest BCUT2D eigenvalue weighted by atomic mass is 31.2. The summed E-state index contributed by atoms with van der Waals surface area (Å²) in [6.07, 6.45) is 0. The van der Waals surface area contributed by atoms with E-state index >= 15 is 4.57 Å². The first-order chi connectivity index (χ1) is 29.2. The van der Waals surface area contributed by atoms with Crippen molar-refractivity contribution in [2.24, 2.45) is 0 Å². The van der Waals surface area contributed by atoms with Crippen molar-refractivity contribution in [1.29, 1.82) is 0 Å². The minimum absolute atomic E-state index is 0.192. The molecule has 0 aliphatic carbocycles. The lowest BCUT2D eigenvalue weighted by Crippen LogP contribution is -2.32. The molecule has 0 aliphatic heterocycles. The Morgan fingerprint density at radius 2 is 0.458 bits per heavy atom. The maximum absolute atomic E-state index is 15.9. The largest absolute Gasteiger partial charge is 0.304 e. The fraction of sp³-hybridized carbons (Fsp3) is 0. The van der Waals surface area contributed by atoms with Crippen LogP contribution < -0.4 is 31.0 Å². The zero-order valence-corrected chi connectivity index (χ0v) is 32.6. The van der Waals surface area contributed by atoms with E-state index in [4.69, 9.17) is 15.3 Å². The molecule has 0 saturated heterocycles. The number of benzene rings is 6. The summed E-state index contributed by atoms with van der Waals surface area (Å²) in [6.45, 7) is 0. The van der Waals surface area contributed by atoms with Gasteiger partial charge in [-0.15, -0.1) is 30.6 Å². The molecule has 0 unspecified atom stereocenters. The molecule has 0 radical (unpaired) electrons. The smallest absolute Gasteiger partial charge is 0.229 e. The van der Waals surface area contributed by atoms with Gasteiger partial charge < -0.3 is 4.57 Å². The quantitative estimate of drug-likeness (QED) is 0.111. The van der Waals surface area contributed by atoms with Gasteiger partial charge in [-0.05, 0) is 109 Å². The van der Waals surface area contributed by atoms with Gasteiger partial charge in [0.2, 0.25) is 7.14 Å². The Kier molecular flexibility index (Phi) is 10.4. The fourth-order valence-electron chi connectivity index (χ4n) is 6.87. The van der Waals surface area contributed by atoms with Crippen molar-refractivity contribution >= 4 is 75.0 Å². The van der Waals surface area contributed by atoms with E-state index in [1.165, 1.54) is 0 Å². The summed E-state index contributed by atoms with van der Waals surface area (Å²) < 4.78 is 15.9. The van der Waals surface area contributed by atoms with Gasteiger partial charge >= 0.3 is 0 Å². The molecule has 0 atom stereocenters. The predicted octanol–water partition coefficient (Wildman–Crippen LogP) is 10.1. The van der Waals surface area contributed by atoms with E-state index in [0.717, 1.165) is 34.1 Å². The van der Waals surface area contributed by atoms with E-state index in [9.17, 15) is 0 Å². The Hall–Kier alpha value is -7.81. The highest BCUT2D eigenvalue weighted by Gasteiger charge is 2.37. The molecule has 3 heterocycles. The van der Waals surface area contributed by atoms with Crippen LogP contribution in [0.4, 0.5) is 51.6 Å². The number of nitrogens with zero attached hydrogens (tertiary/aromatic N) is 9. The fourth-order valence-corrected chi connectivity index (χ4v) is 8.94. The summed E-state index contributed by atoms with van der Waals surface area (Å²) in [5, 5.41) is 28.1. The van der Waals surface area contributed by atoms with Crippen LogP contribution in [0.5, 0.6) is 0 Å². The van der Waals surface area contributed by atoms with Gasteiger partial charge in [-0.2, -0.15) is 0 Å². The van der Waals surface area contributed by atoms with Crippen molar-refractivity contribution in [2.75, 3.05) is 14.7 Å². The Morgan fingerprint density at radius 3 is 0.627 bits per heavy atom. The Balaban J connectivity index is 1.16. The third-order valence-corrected chi connectivity index (χ3v) is 12.3. The number of rotatable bonds is 12. The third kappa shape index (κ3) is 7.56. The van der Waals surface area contributed by atoms with Crippen molar-refractivity contribution in [3.05, 3.63) is 218 Å². The van der Waals surface area contributed by atoms with Gasteiger partial charge in [0.05, 0.1) is 0 Å². The average Bonchev–Trinajstić information content (AvgIpc) is 3.32. The van der Waals surface area contributed by atoms with Crippen LogP contribution >= 0.6 is 7.14 Å². The second kappa shape index (κ2) is 16.7. The Morgan fingerprint density at radius 1 is 0.254 bits per heavy atom. The summed E-state index contributed by atoms with van der Waals surface area (Å²) in [6, 6.07) is 70.1. The third-order valence-electron chi connectivity index (χ3n) is 9.65. The van der Waals surface area contributed by atoms with Gasteiger partial charge in [-0.25, -0.2) is 0 Å². The number of anilines is 9. The zero-order valence-electron chi connectivity index (χ0n) is 31.7. The average molecular weight is 786 g/mol. The van der Waals surface area contributed by atoms with Crippen molar-refractivity contribution < 1.29 is 4.57 Å². The van der Waals surface area contributed by atoms with Crippen molar-refractivity contribution in [3.8, 4) is 0 Å². The molecule has 3 aromatic heterocycles. The van der Waals surface area contributed by atoms with E-state index in [2.05, 4.69) is 15.3 Å². The van der Waals surface area contributed by atoms with Gasteiger partial charge in [0.1, 0.15) is 16.3 Å². The van der Waals surface area contributed by atoms with Gasteiger partial charge in [0, 0.05) is 34.1 Å². The second-order valence-electron chi connectivity index (χ2n) is 13.4. The number of aromatic nitrogens is 6. The van der Waals surface area contributed by atoms with Gasteiger partial charge in [-0.1, -0.05) is 109 Å². The Bertz CT molecular complexity index is 2340. The standard InChI is InChI=1S/C48H36N9OP/c58-59(46-34-31-43(49-52-46)55(37-19-7-1-8-20-37)38-21-9-2-10-22-38,47-35-32-44(50-53-47)56(39-23-11-3-12-24-39)40-25-13-4-14-26-40)48-36-33-45(51-54-48)57(41-27-15-5-16-28-41)42-29-17-6-18-30-42/h1-36H. The molecule has 0 amide bonds. The number of para-hydroxylation sites is 6. The van der Waals surface area contributed by atoms with Crippen molar-refractivity contribution in [1.82, 2.24) is 30.6 Å². The topological polar surface area (TPSA) is 104 Å². The van der Waals surface area contributed by atoms with E-state index < -0.39 is 7.14 Å². The first kappa shape index (κ1) is 36.8. The molecule has 0 N–H and O–H groups in total. The van der Waals surface area contributed by atoms with Crippen LogP contribution in [0, 0.1) is 0 Å². The first-order valence-corrected chi connectivity index (χ1v) is 20.7. The molecular formula is C48H36N9OP. The first-order valence-electron chi connectivity index (χ1n) is 19.0. The SMILES string of the molecule is O=P(c1ccc(N(c2ccccc2)c2ccccc2)nn1)(c1ccc(N(c2ccccc2)c2ccccc2)nn1)c1ccc(N(c2ccccc2)c2ccccc2)nn1. The van der Waals surface area contributed by atoms with Gasteiger partial charge in [0.15, 0.2) is 17.5 Å². The molecule has 0 bridgehead atoms. The van der Waals surface area contributed by atoms with Crippen molar-refractivity contribution in [3.63, 3.8) is 0 Å². The highest BCUT2D eigenvalue weighted by molar-refractivity contribution is 7.84. The molecule has 11 heteroatoms. The van der Waals surface area contributed by atoms with E-state index in [1.807, 2.05) is 215 Å². The van der Waals surface area contributed by atoms with Crippen LogP contribution in [0.1, 0.15) is 0 Å². The van der Waals surface area contributed by atoms with Crippen LogP contribution in [-0.2, 0) is 4.57 Å². The summed E-state index contributed by atoms with van der Waals surface area (Å²) in [7, 11) is -3.93. The van der Waals surface area contributed by atoms with Gasteiger partial charge in [-0.3, -0.25) is 14.7 Å². The summed E-state index contributed by atoms with van der Waals surface area (Å²) in [4.78, 5) is 5.98. The molecule has 9 aromatic rings. The molecule has 0 aliphatic rings. The summed E-state index contributed by atoms with van der Waals surface area (Å²) >= 11 is 0. The monoisotopic (exact) mass is 785 g/mol. The minimum Gasteiger partial charge on any atom is -0.304 e. The lowest BCUT2D eigenvalue weighted by molar-refractivity contribution is 0.590. The maximum Gasteiger partial charge on any atom is 0.229 e. The van der Waals surface area contributed by atoms with E-state index in [-0.39, 0.29) is 16.3 Å². The van der Waals surface area contributed by atoms with E-state index in [1.54, 1.807) is 18.2 Å². The normalized spacial score (nSPS) is 11.1. The second-order valence-corrected chi connectivity index (χ2v) is 16.0. The van der Waals surface area contributed by atoms with Crippen LogP contribution in [0.3, 0.4) is 0 Å². The number of hydrogen-bond acceptors (Lipinski definition) is 10. The van der Waals surface area contributed by atoms with E-state index in [0.29, 0.717) is 17.5 Å². The van der Waals surface area contributed by atoms with Crippen LogP contribution in [0.15, 0.2) is 218 Å². The van der Waals surface area contributed by atoms with Crippen LogP contribution in [-0.4, -0.2) is 30.6 Å². The Labute approximate surface area is 342 Å². The van der Waals surface area contributed by atoms with Crippen LogP contribution in [0.25, 0.3) is 0 Å². The lowest BCUT2D eigenvalue weighted by Gasteiger charge is -2.25. The molecule has 0 saturated carbocycles. The molecule has 10 nitrogen and oxygen atoms in total. The maximum atomic E-state index is 15.9.